The van der Waals surface area contributed by atoms with Crippen LogP contribution in [0.25, 0.3) is 0 Å². The summed E-state index contributed by atoms with van der Waals surface area (Å²) in [6.45, 7) is 26.5. The van der Waals surface area contributed by atoms with Gasteiger partial charge in [0.2, 0.25) is 0 Å². The molecule has 1 aromatic rings. The van der Waals surface area contributed by atoms with Crippen LogP contribution in [0.4, 0.5) is 0 Å². The van der Waals surface area contributed by atoms with Crippen LogP contribution in [0, 0.1) is 5.92 Å². The normalized spacial score (nSPS) is 24.8. The highest BCUT2D eigenvalue weighted by Gasteiger charge is 2.51. The van der Waals surface area contributed by atoms with E-state index in [4.69, 9.17) is 13.6 Å². The molecule has 1 fully saturated rings. The van der Waals surface area contributed by atoms with Gasteiger partial charge in [-0.3, -0.25) is 14.3 Å². The average molecular weight is 497 g/mol. The molecule has 4 atom stereocenters. The van der Waals surface area contributed by atoms with Crippen molar-refractivity contribution in [3.8, 4) is 0 Å². The molecular formula is C24H44N2O5Si2. The van der Waals surface area contributed by atoms with E-state index < -0.39 is 34.1 Å². The zero-order valence-corrected chi connectivity index (χ0v) is 24.2. The third-order valence-corrected chi connectivity index (χ3v) is 16.7. The van der Waals surface area contributed by atoms with Crippen LogP contribution in [0.3, 0.4) is 0 Å². The molecule has 188 valence electrons. The predicted octanol–water partition coefficient (Wildman–Crippen LogP) is 5.04. The number of H-pyrrole nitrogens is 1. The monoisotopic (exact) mass is 496 g/mol. The number of rotatable bonds is 8. The van der Waals surface area contributed by atoms with E-state index in [1.54, 1.807) is 0 Å². The SMILES string of the molecule is C=CCC1C(O[Si](C)(C)C(C)(C)C)C(CO[Si](C)(C)C(C)(C)C)OC1n1ccc(=O)[nH]c1=O. The molecule has 0 radical (unpaired) electrons. The van der Waals surface area contributed by atoms with E-state index in [1.165, 1.54) is 16.8 Å². The van der Waals surface area contributed by atoms with Crippen molar-refractivity contribution < 1.29 is 13.6 Å². The van der Waals surface area contributed by atoms with Gasteiger partial charge in [-0.25, -0.2) is 4.79 Å². The third-order valence-electron chi connectivity index (χ3n) is 7.68. The zero-order valence-electron chi connectivity index (χ0n) is 22.2. The lowest BCUT2D eigenvalue weighted by molar-refractivity contribution is -0.0440. The van der Waals surface area contributed by atoms with Gasteiger partial charge in [-0.15, -0.1) is 6.58 Å². The van der Waals surface area contributed by atoms with Gasteiger partial charge in [-0.1, -0.05) is 47.6 Å². The number of allylic oxidation sites excluding steroid dienone is 1. The Hall–Kier alpha value is -1.27. The fraction of sp³-hybridized carbons (Fsp3) is 0.750. The van der Waals surface area contributed by atoms with Gasteiger partial charge < -0.3 is 13.6 Å². The van der Waals surface area contributed by atoms with Gasteiger partial charge in [-0.2, -0.15) is 0 Å². The summed E-state index contributed by atoms with van der Waals surface area (Å²) in [5.74, 6) is -0.131. The van der Waals surface area contributed by atoms with Crippen LogP contribution in [0.5, 0.6) is 0 Å². The molecule has 33 heavy (non-hydrogen) atoms. The van der Waals surface area contributed by atoms with Crippen molar-refractivity contribution in [3.63, 3.8) is 0 Å². The topological polar surface area (TPSA) is 82.6 Å². The van der Waals surface area contributed by atoms with Crippen LogP contribution in [0.15, 0.2) is 34.5 Å². The van der Waals surface area contributed by atoms with Gasteiger partial charge in [0.1, 0.15) is 12.3 Å². The summed E-state index contributed by atoms with van der Waals surface area (Å²) in [6, 6.07) is 1.35. The minimum absolute atomic E-state index is 0.0173. The standard InChI is InChI=1S/C24H44N2O5Si2/c1-12-13-17-20(31-33(10,11)24(5,6)7)18(16-29-32(8,9)23(2,3)4)30-21(17)26-15-14-19(27)25-22(26)28/h12,14-15,17-18,20-21H,1,13,16H2,2-11H3,(H,25,27,28). The summed E-state index contributed by atoms with van der Waals surface area (Å²) in [6.07, 6.45) is 2.81. The molecule has 0 bridgehead atoms. The van der Waals surface area contributed by atoms with Gasteiger partial charge >= 0.3 is 5.69 Å². The molecule has 7 nitrogen and oxygen atoms in total. The maximum atomic E-state index is 12.6. The molecule has 1 aliphatic heterocycles. The highest BCUT2D eigenvalue weighted by molar-refractivity contribution is 6.74. The second-order valence-electron chi connectivity index (χ2n) is 12.2. The van der Waals surface area contributed by atoms with E-state index in [0.29, 0.717) is 13.0 Å². The Bertz CT molecular complexity index is 940. The van der Waals surface area contributed by atoms with Crippen molar-refractivity contribution in [2.75, 3.05) is 6.61 Å². The van der Waals surface area contributed by atoms with Gasteiger partial charge in [0.15, 0.2) is 16.6 Å². The van der Waals surface area contributed by atoms with Crippen LogP contribution < -0.4 is 11.2 Å². The predicted molar refractivity (Wildman–Crippen MR) is 139 cm³/mol. The van der Waals surface area contributed by atoms with Gasteiger partial charge in [-0.05, 0) is 42.7 Å². The molecule has 0 spiro atoms. The zero-order chi connectivity index (χ0) is 25.4. The number of hydrogen-bond acceptors (Lipinski definition) is 5. The molecule has 1 N–H and O–H groups in total. The maximum absolute atomic E-state index is 12.6. The van der Waals surface area contributed by atoms with Gasteiger partial charge in [0.25, 0.3) is 5.56 Å². The molecule has 1 saturated heterocycles. The second kappa shape index (κ2) is 9.77. The number of ether oxygens (including phenoxy) is 1. The van der Waals surface area contributed by atoms with Crippen molar-refractivity contribution in [1.29, 1.82) is 0 Å². The molecule has 0 aromatic carbocycles. The molecule has 0 aliphatic carbocycles. The molecule has 0 saturated carbocycles. The molecule has 2 heterocycles. The van der Waals surface area contributed by atoms with Crippen molar-refractivity contribution in [1.82, 2.24) is 9.55 Å². The van der Waals surface area contributed by atoms with Crippen molar-refractivity contribution >= 4 is 16.6 Å². The summed E-state index contributed by atoms with van der Waals surface area (Å²) >= 11 is 0. The highest BCUT2D eigenvalue weighted by atomic mass is 28.4. The van der Waals surface area contributed by atoms with E-state index >= 15 is 0 Å². The maximum Gasteiger partial charge on any atom is 0.330 e. The second-order valence-corrected chi connectivity index (χ2v) is 21.8. The van der Waals surface area contributed by atoms with E-state index in [9.17, 15) is 9.59 Å². The minimum atomic E-state index is -2.15. The molecule has 1 aromatic heterocycles. The third kappa shape index (κ3) is 6.25. The lowest BCUT2D eigenvalue weighted by Crippen LogP contribution is -2.50. The van der Waals surface area contributed by atoms with E-state index in [2.05, 4.69) is 79.3 Å². The molecule has 9 heteroatoms. The van der Waals surface area contributed by atoms with Crippen LogP contribution in [0.2, 0.25) is 36.3 Å². The van der Waals surface area contributed by atoms with E-state index in [0.717, 1.165) is 0 Å². The van der Waals surface area contributed by atoms with Crippen LogP contribution in [0.1, 0.15) is 54.2 Å². The Morgan fingerprint density at radius 1 is 1.09 bits per heavy atom. The molecule has 1 aliphatic rings. The smallest absolute Gasteiger partial charge is 0.330 e. The van der Waals surface area contributed by atoms with Crippen LogP contribution >= 0.6 is 0 Å². The molecule has 4 unspecified atom stereocenters. The van der Waals surface area contributed by atoms with Crippen LogP contribution in [-0.2, 0) is 13.6 Å². The number of nitrogens with zero attached hydrogens (tertiary/aromatic N) is 1. The average Bonchev–Trinajstić information content (AvgIpc) is 2.95. The van der Waals surface area contributed by atoms with Crippen molar-refractivity contribution in [2.24, 2.45) is 5.92 Å². The fourth-order valence-corrected chi connectivity index (χ4v) is 5.83. The van der Waals surface area contributed by atoms with Crippen LogP contribution in [-0.4, -0.2) is 45.0 Å². The number of nitrogens with one attached hydrogen (secondary N) is 1. The Kier molecular flexibility index (Phi) is 8.28. The lowest BCUT2D eigenvalue weighted by atomic mass is 9.96. The molecule has 2 rings (SSSR count). The number of aromatic amines is 1. The van der Waals surface area contributed by atoms with E-state index in [-0.39, 0.29) is 28.2 Å². The van der Waals surface area contributed by atoms with Crippen molar-refractivity contribution in [3.05, 3.63) is 45.8 Å². The molecular weight excluding hydrogens is 452 g/mol. The Labute approximate surface area is 200 Å². The number of hydrogen-bond donors (Lipinski definition) is 1. The fourth-order valence-electron chi connectivity index (χ4n) is 3.46. The highest BCUT2D eigenvalue weighted by Crippen LogP contribution is 2.45. The summed E-state index contributed by atoms with van der Waals surface area (Å²) in [4.78, 5) is 26.6. The largest absolute Gasteiger partial charge is 0.414 e. The molecule has 0 amide bonds. The summed E-state index contributed by atoms with van der Waals surface area (Å²) in [5.41, 5.74) is -0.917. The lowest BCUT2D eigenvalue weighted by Gasteiger charge is -2.41. The van der Waals surface area contributed by atoms with E-state index in [1.807, 2.05) is 6.08 Å². The Morgan fingerprint density at radius 3 is 2.15 bits per heavy atom. The van der Waals surface area contributed by atoms with Crippen molar-refractivity contribution in [2.45, 2.75) is 103 Å². The summed E-state index contributed by atoms with van der Waals surface area (Å²) in [5, 5.41) is 0.0840. The summed E-state index contributed by atoms with van der Waals surface area (Å²) in [7, 11) is -4.17. The number of aromatic nitrogens is 2. The first-order valence-corrected chi connectivity index (χ1v) is 17.6. The quantitative estimate of drug-likeness (QED) is 0.403. The van der Waals surface area contributed by atoms with Gasteiger partial charge in [0, 0.05) is 18.2 Å². The summed E-state index contributed by atoms with van der Waals surface area (Å²) < 4.78 is 21.4. The Balaban J connectivity index is 2.48. The first kappa shape index (κ1) is 28.0. The van der Waals surface area contributed by atoms with Gasteiger partial charge in [0.05, 0.1) is 12.7 Å². The first-order chi connectivity index (χ1) is 14.9. The Morgan fingerprint density at radius 2 is 1.67 bits per heavy atom. The minimum Gasteiger partial charge on any atom is -0.414 e. The first-order valence-electron chi connectivity index (χ1n) is 11.8.